The molecule has 1 saturated heterocycles. The Morgan fingerprint density at radius 1 is 1.32 bits per heavy atom. The molecule has 2 unspecified atom stereocenters. The molecule has 1 aliphatic heterocycles. The summed E-state index contributed by atoms with van der Waals surface area (Å²) < 4.78 is 13.0. The molecule has 2 rings (SSSR count). The number of halogens is 1. The Balaban J connectivity index is 1.90. The summed E-state index contributed by atoms with van der Waals surface area (Å²) in [5.74, 6) is -0.382. The maximum absolute atomic E-state index is 13.0. The van der Waals surface area contributed by atoms with Gasteiger partial charge in [-0.1, -0.05) is 6.07 Å². The Hall–Kier alpha value is -1.13. The lowest BCUT2D eigenvalue weighted by Gasteiger charge is -2.25. The quantitative estimate of drug-likeness (QED) is 0.860. The van der Waals surface area contributed by atoms with Gasteiger partial charge in [0.05, 0.1) is 0 Å². The Labute approximate surface area is 114 Å². The van der Waals surface area contributed by atoms with Crippen LogP contribution in [0.1, 0.15) is 38.3 Å². The normalized spacial score (nSPS) is 19.5. The van der Waals surface area contributed by atoms with E-state index in [9.17, 15) is 9.50 Å². The van der Waals surface area contributed by atoms with E-state index in [0.29, 0.717) is 6.04 Å². The van der Waals surface area contributed by atoms with Gasteiger partial charge in [-0.15, -0.1) is 0 Å². The van der Waals surface area contributed by atoms with Crippen LogP contribution in [0.15, 0.2) is 18.2 Å². The van der Waals surface area contributed by atoms with E-state index in [1.165, 1.54) is 38.1 Å². The monoisotopic (exact) mass is 266 g/mol. The van der Waals surface area contributed by atoms with E-state index in [2.05, 4.69) is 17.1 Å². The van der Waals surface area contributed by atoms with Crippen molar-refractivity contribution in [1.29, 1.82) is 0 Å². The highest BCUT2D eigenvalue weighted by Crippen LogP contribution is 2.25. The summed E-state index contributed by atoms with van der Waals surface area (Å²) in [5, 5.41) is 13.2. The molecule has 1 fully saturated rings. The topological polar surface area (TPSA) is 35.5 Å². The van der Waals surface area contributed by atoms with Crippen LogP contribution in [0.5, 0.6) is 5.75 Å². The lowest BCUT2D eigenvalue weighted by Crippen LogP contribution is -2.39. The maximum Gasteiger partial charge on any atom is 0.126 e. The zero-order valence-corrected chi connectivity index (χ0v) is 11.7. The van der Waals surface area contributed by atoms with Gasteiger partial charge in [-0.2, -0.15) is 0 Å². The van der Waals surface area contributed by atoms with Gasteiger partial charge in [0.25, 0.3) is 0 Å². The number of hydrogen-bond acceptors (Lipinski definition) is 3. The molecule has 1 heterocycles. The van der Waals surface area contributed by atoms with Crippen LogP contribution in [0.2, 0.25) is 0 Å². The SMILES string of the molecule is CC(CN1CCCC1)NC(C)c1ccc(F)cc1O. The van der Waals surface area contributed by atoms with Crippen molar-refractivity contribution < 1.29 is 9.50 Å². The van der Waals surface area contributed by atoms with E-state index >= 15 is 0 Å². The summed E-state index contributed by atoms with van der Waals surface area (Å²) >= 11 is 0. The Morgan fingerprint density at radius 3 is 2.63 bits per heavy atom. The first kappa shape index (κ1) is 14.3. The van der Waals surface area contributed by atoms with Gasteiger partial charge in [0.1, 0.15) is 11.6 Å². The smallest absolute Gasteiger partial charge is 0.126 e. The van der Waals surface area contributed by atoms with Crippen LogP contribution in [0.3, 0.4) is 0 Å². The first-order chi connectivity index (χ1) is 9.06. The zero-order valence-electron chi connectivity index (χ0n) is 11.7. The molecule has 3 nitrogen and oxygen atoms in total. The number of likely N-dealkylation sites (tertiary alicyclic amines) is 1. The second-order valence-corrected chi connectivity index (χ2v) is 5.50. The minimum atomic E-state index is -0.404. The fourth-order valence-electron chi connectivity index (χ4n) is 2.80. The van der Waals surface area contributed by atoms with Crippen molar-refractivity contribution in [3.05, 3.63) is 29.6 Å². The molecule has 2 N–H and O–H groups in total. The molecular weight excluding hydrogens is 243 g/mol. The highest BCUT2D eigenvalue weighted by atomic mass is 19.1. The van der Waals surface area contributed by atoms with E-state index in [1.54, 1.807) is 6.07 Å². The van der Waals surface area contributed by atoms with Gasteiger partial charge in [-0.25, -0.2) is 4.39 Å². The first-order valence-corrected chi connectivity index (χ1v) is 7.03. The van der Waals surface area contributed by atoms with E-state index in [-0.39, 0.29) is 11.8 Å². The number of phenols is 1. The third-order valence-electron chi connectivity index (χ3n) is 3.72. The van der Waals surface area contributed by atoms with Crippen molar-refractivity contribution in [3.8, 4) is 5.75 Å². The molecular formula is C15H23FN2O. The van der Waals surface area contributed by atoms with Crippen LogP contribution in [0, 0.1) is 5.82 Å². The van der Waals surface area contributed by atoms with Gasteiger partial charge in [0.2, 0.25) is 0 Å². The first-order valence-electron chi connectivity index (χ1n) is 7.03. The van der Waals surface area contributed by atoms with Crippen LogP contribution >= 0.6 is 0 Å². The summed E-state index contributed by atoms with van der Waals surface area (Å²) in [6.07, 6.45) is 2.59. The van der Waals surface area contributed by atoms with Crippen molar-refractivity contribution in [2.45, 2.75) is 38.8 Å². The summed E-state index contributed by atoms with van der Waals surface area (Å²) in [7, 11) is 0. The lowest BCUT2D eigenvalue weighted by molar-refractivity contribution is 0.288. The molecule has 0 bridgehead atoms. The van der Waals surface area contributed by atoms with Crippen molar-refractivity contribution in [2.75, 3.05) is 19.6 Å². The summed E-state index contributed by atoms with van der Waals surface area (Å²) in [4.78, 5) is 2.45. The summed E-state index contributed by atoms with van der Waals surface area (Å²) in [5.41, 5.74) is 0.745. The highest BCUT2D eigenvalue weighted by molar-refractivity contribution is 5.34. The predicted octanol–water partition coefficient (Wildman–Crippen LogP) is 2.67. The molecule has 0 aliphatic carbocycles. The van der Waals surface area contributed by atoms with E-state index in [0.717, 1.165) is 12.1 Å². The molecule has 0 radical (unpaired) electrons. The molecule has 1 aliphatic rings. The minimum Gasteiger partial charge on any atom is -0.508 e. The largest absolute Gasteiger partial charge is 0.508 e. The van der Waals surface area contributed by atoms with Gasteiger partial charge in [-0.3, -0.25) is 0 Å². The van der Waals surface area contributed by atoms with Gasteiger partial charge < -0.3 is 15.3 Å². The third kappa shape index (κ3) is 3.91. The van der Waals surface area contributed by atoms with Gasteiger partial charge in [0, 0.05) is 30.3 Å². The molecule has 1 aromatic carbocycles. The number of aromatic hydroxyl groups is 1. The lowest BCUT2D eigenvalue weighted by atomic mass is 10.1. The standard InChI is InChI=1S/C15H23FN2O/c1-11(10-18-7-3-4-8-18)17-12(2)14-6-5-13(16)9-15(14)19/h5-6,9,11-12,17,19H,3-4,7-8,10H2,1-2H3. The number of nitrogens with zero attached hydrogens (tertiary/aromatic N) is 1. The number of hydrogen-bond donors (Lipinski definition) is 2. The van der Waals surface area contributed by atoms with Crippen LogP contribution in [0.4, 0.5) is 4.39 Å². The van der Waals surface area contributed by atoms with Crippen LogP contribution < -0.4 is 5.32 Å². The third-order valence-corrected chi connectivity index (χ3v) is 3.72. The Bertz CT molecular complexity index is 419. The van der Waals surface area contributed by atoms with E-state index in [4.69, 9.17) is 0 Å². The molecule has 19 heavy (non-hydrogen) atoms. The molecule has 0 saturated carbocycles. The average molecular weight is 266 g/mol. The molecule has 106 valence electrons. The zero-order chi connectivity index (χ0) is 13.8. The Kier molecular flexibility index (Phi) is 4.77. The predicted molar refractivity (Wildman–Crippen MR) is 74.8 cm³/mol. The van der Waals surface area contributed by atoms with E-state index < -0.39 is 5.82 Å². The fraction of sp³-hybridized carbons (Fsp3) is 0.600. The van der Waals surface area contributed by atoms with Crippen LogP contribution in [-0.2, 0) is 0 Å². The van der Waals surface area contributed by atoms with Crippen molar-refractivity contribution in [1.82, 2.24) is 10.2 Å². The number of rotatable bonds is 5. The van der Waals surface area contributed by atoms with Crippen LogP contribution in [0.25, 0.3) is 0 Å². The minimum absolute atomic E-state index is 0.0122. The number of benzene rings is 1. The second kappa shape index (κ2) is 6.35. The highest BCUT2D eigenvalue weighted by Gasteiger charge is 2.17. The maximum atomic E-state index is 13.0. The van der Waals surface area contributed by atoms with Crippen molar-refractivity contribution >= 4 is 0 Å². The molecule has 4 heteroatoms. The fourth-order valence-corrected chi connectivity index (χ4v) is 2.80. The average Bonchev–Trinajstić information content (AvgIpc) is 2.81. The molecule has 0 aromatic heterocycles. The molecule has 1 aromatic rings. The van der Waals surface area contributed by atoms with Gasteiger partial charge in [0.15, 0.2) is 0 Å². The van der Waals surface area contributed by atoms with Gasteiger partial charge >= 0.3 is 0 Å². The molecule has 0 amide bonds. The van der Waals surface area contributed by atoms with Crippen molar-refractivity contribution in [3.63, 3.8) is 0 Å². The summed E-state index contributed by atoms with van der Waals surface area (Å²) in [6, 6.07) is 4.55. The van der Waals surface area contributed by atoms with E-state index in [1.807, 2.05) is 6.92 Å². The van der Waals surface area contributed by atoms with Gasteiger partial charge in [-0.05, 0) is 45.8 Å². The summed E-state index contributed by atoms with van der Waals surface area (Å²) in [6.45, 7) is 7.53. The van der Waals surface area contributed by atoms with Crippen LogP contribution in [-0.4, -0.2) is 35.7 Å². The molecule has 0 spiro atoms. The molecule has 2 atom stereocenters. The number of phenolic OH excluding ortho intramolecular Hbond substituents is 1. The Morgan fingerprint density at radius 2 is 2.00 bits per heavy atom. The van der Waals surface area contributed by atoms with Crippen molar-refractivity contribution in [2.24, 2.45) is 0 Å². The number of nitrogens with one attached hydrogen (secondary N) is 1. The second-order valence-electron chi connectivity index (χ2n) is 5.50.